The average Bonchev–Trinajstić information content (AvgIpc) is 2.80. The van der Waals surface area contributed by atoms with Gasteiger partial charge in [0, 0.05) is 54.4 Å². The number of hydrogen-bond donors (Lipinski definition) is 3. The largest absolute Gasteiger partial charge is 0.381 e. The zero-order valence-electron chi connectivity index (χ0n) is 20.4. The number of benzene rings is 1. The van der Waals surface area contributed by atoms with Crippen LogP contribution in [0.5, 0.6) is 0 Å². The highest BCUT2D eigenvalue weighted by molar-refractivity contribution is 6.09. The first-order valence-electron chi connectivity index (χ1n) is 12.2. The lowest BCUT2D eigenvalue weighted by Crippen LogP contribution is -2.47. The fraction of sp³-hybridized carbons (Fsp3) is 0.444. The molecule has 34 heavy (non-hydrogen) atoms. The molecule has 180 valence electrons. The van der Waals surface area contributed by atoms with Gasteiger partial charge >= 0.3 is 0 Å². The Kier molecular flexibility index (Phi) is 7.63. The van der Waals surface area contributed by atoms with Crippen molar-refractivity contribution in [2.45, 2.75) is 52.5 Å². The van der Waals surface area contributed by atoms with E-state index in [2.05, 4.69) is 51.7 Å². The van der Waals surface area contributed by atoms with Gasteiger partial charge in [0.25, 0.3) is 0 Å². The van der Waals surface area contributed by atoms with Crippen LogP contribution in [0.4, 0.5) is 5.69 Å². The molecule has 0 radical (unpaired) electrons. The molecule has 7 heteroatoms. The van der Waals surface area contributed by atoms with Crippen LogP contribution in [0.3, 0.4) is 0 Å². The summed E-state index contributed by atoms with van der Waals surface area (Å²) in [6.07, 6.45) is 5.66. The molecule has 3 N–H and O–H groups in total. The molecule has 0 saturated carbocycles. The number of anilines is 1. The smallest absolute Gasteiger partial charge is 0.217 e. The van der Waals surface area contributed by atoms with E-state index < -0.39 is 0 Å². The van der Waals surface area contributed by atoms with Gasteiger partial charge in [0.1, 0.15) is 5.84 Å². The van der Waals surface area contributed by atoms with E-state index in [0.717, 1.165) is 66.0 Å². The Hall–Kier alpha value is -3.19. The quantitative estimate of drug-likeness (QED) is 0.409. The molecule has 1 aromatic carbocycles. The number of nitrogens with one attached hydrogen (secondary N) is 3. The highest BCUT2D eigenvalue weighted by Gasteiger charge is 2.27. The van der Waals surface area contributed by atoms with Crippen molar-refractivity contribution in [2.24, 2.45) is 0 Å². The molecular formula is C27H35N5O2. The maximum absolute atomic E-state index is 11.7. The fourth-order valence-electron chi connectivity index (χ4n) is 4.48. The van der Waals surface area contributed by atoms with E-state index in [9.17, 15) is 10.2 Å². The monoisotopic (exact) mass is 461 g/mol. The molecule has 0 spiro atoms. The zero-order valence-corrected chi connectivity index (χ0v) is 20.4. The van der Waals surface area contributed by atoms with Gasteiger partial charge in [-0.2, -0.15) is 0 Å². The summed E-state index contributed by atoms with van der Waals surface area (Å²) in [5, 5.41) is 15.7. The van der Waals surface area contributed by atoms with Crippen LogP contribution in [-0.4, -0.2) is 49.1 Å². The molecule has 2 aliphatic heterocycles. The van der Waals surface area contributed by atoms with Crippen molar-refractivity contribution in [1.29, 1.82) is 5.41 Å². The normalized spacial score (nSPS) is 16.3. The molecule has 4 rings (SSSR count). The SMILES string of the molecule is CCC/C(NC1COC1)=C(\CNC(C)=O)C(=N)N1CCCc2cc(-c3ccc(C)nc3)ccc21. The van der Waals surface area contributed by atoms with Gasteiger partial charge < -0.3 is 20.3 Å². The maximum Gasteiger partial charge on any atom is 0.217 e. The summed E-state index contributed by atoms with van der Waals surface area (Å²) in [6, 6.07) is 10.9. The molecule has 0 atom stereocenters. The number of hydrogen-bond acceptors (Lipinski definition) is 5. The summed E-state index contributed by atoms with van der Waals surface area (Å²) < 4.78 is 5.35. The van der Waals surface area contributed by atoms with Gasteiger partial charge in [-0.3, -0.25) is 15.2 Å². The van der Waals surface area contributed by atoms with Crippen LogP contribution < -0.4 is 15.5 Å². The van der Waals surface area contributed by atoms with Crippen LogP contribution >= 0.6 is 0 Å². The highest BCUT2D eigenvalue weighted by atomic mass is 16.5. The van der Waals surface area contributed by atoms with Gasteiger partial charge in [-0.25, -0.2) is 0 Å². The van der Waals surface area contributed by atoms with Crippen LogP contribution in [0.2, 0.25) is 0 Å². The molecule has 0 bridgehead atoms. The Morgan fingerprint density at radius 2 is 2.03 bits per heavy atom. The number of aromatic nitrogens is 1. The summed E-state index contributed by atoms with van der Waals surface area (Å²) in [4.78, 5) is 18.3. The molecule has 3 heterocycles. The molecule has 2 aliphatic rings. The van der Waals surface area contributed by atoms with E-state index in [0.29, 0.717) is 25.6 Å². The Labute approximate surface area is 202 Å². The number of pyridine rings is 1. The Morgan fingerprint density at radius 3 is 2.68 bits per heavy atom. The standard InChI is InChI=1S/C27H35N5O2/c1-4-6-25(31-23-16-34-17-23)24(15-30-19(3)33)27(28)32-12-5-7-21-13-20(10-11-26(21)32)22-9-8-18(2)29-14-22/h8-11,13-14,23,28,31H,4-7,12,15-17H2,1-3H3,(H,30,33)/b25-24-,28-27?. The van der Waals surface area contributed by atoms with E-state index >= 15 is 0 Å². The summed E-state index contributed by atoms with van der Waals surface area (Å²) in [5.41, 5.74) is 7.45. The molecule has 2 aromatic rings. The van der Waals surface area contributed by atoms with Crippen molar-refractivity contribution in [3.05, 3.63) is 59.1 Å². The third-order valence-electron chi connectivity index (χ3n) is 6.39. The lowest BCUT2D eigenvalue weighted by atomic mass is 9.95. The first-order chi connectivity index (χ1) is 16.5. The second-order valence-corrected chi connectivity index (χ2v) is 9.13. The van der Waals surface area contributed by atoms with Gasteiger partial charge in [0.15, 0.2) is 0 Å². The molecule has 0 unspecified atom stereocenters. The van der Waals surface area contributed by atoms with Gasteiger partial charge in [0.05, 0.1) is 19.3 Å². The number of fused-ring (bicyclic) bond motifs is 1. The van der Waals surface area contributed by atoms with Crippen LogP contribution in [0.1, 0.15) is 44.4 Å². The number of carbonyl (C=O) groups excluding carboxylic acids is 1. The lowest BCUT2D eigenvalue weighted by molar-refractivity contribution is -0.118. The topological polar surface area (TPSA) is 90.3 Å². The van der Waals surface area contributed by atoms with Gasteiger partial charge in [-0.15, -0.1) is 0 Å². The number of carbonyl (C=O) groups is 1. The highest BCUT2D eigenvalue weighted by Crippen LogP contribution is 2.33. The number of amides is 1. The van der Waals surface area contributed by atoms with Crippen molar-refractivity contribution in [3.8, 4) is 11.1 Å². The fourth-order valence-corrected chi connectivity index (χ4v) is 4.48. The van der Waals surface area contributed by atoms with E-state index in [-0.39, 0.29) is 11.9 Å². The van der Waals surface area contributed by atoms with E-state index in [1.807, 2.05) is 19.2 Å². The van der Waals surface area contributed by atoms with Gasteiger partial charge in [0.2, 0.25) is 5.91 Å². The van der Waals surface area contributed by atoms with Crippen LogP contribution in [0, 0.1) is 12.3 Å². The Bertz CT molecular complexity index is 1070. The van der Waals surface area contributed by atoms with E-state index in [1.54, 1.807) is 0 Å². The first kappa shape index (κ1) is 24.0. The third kappa shape index (κ3) is 5.47. The molecular weight excluding hydrogens is 426 g/mol. The Morgan fingerprint density at radius 1 is 1.24 bits per heavy atom. The van der Waals surface area contributed by atoms with Crippen molar-refractivity contribution in [3.63, 3.8) is 0 Å². The summed E-state index contributed by atoms with van der Waals surface area (Å²) in [7, 11) is 0. The van der Waals surface area contributed by atoms with E-state index in [4.69, 9.17) is 4.74 Å². The molecule has 1 fully saturated rings. The predicted molar refractivity (Wildman–Crippen MR) is 136 cm³/mol. The number of ether oxygens (including phenoxy) is 1. The third-order valence-corrected chi connectivity index (χ3v) is 6.39. The molecule has 1 aromatic heterocycles. The number of nitrogens with zero attached hydrogens (tertiary/aromatic N) is 2. The zero-order chi connectivity index (χ0) is 24.1. The van der Waals surface area contributed by atoms with E-state index in [1.165, 1.54) is 12.5 Å². The summed E-state index contributed by atoms with van der Waals surface area (Å²) >= 11 is 0. The van der Waals surface area contributed by atoms with Crippen LogP contribution in [-0.2, 0) is 16.0 Å². The Balaban J connectivity index is 1.65. The van der Waals surface area contributed by atoms with Crippen LogP contribution in [0.15, 0.2) is 47.8 Å². The first-order valence-corrected chi connectivity index (χ1v) is 12.2. The second kappa shape index (κ2) is 10.8. The summed E-state index contributed by atoms with van der Waals surface area (Å²) in [6.45, 7) is 8.12. The second-order valence-electron chi connectivity index (χ2n) is 9.13. The van der Waals surface area contributed by atoms with Gasteiger partial charge in [-0.1, -0.05) is 25.5 Å². The molecule has 1 amide bonds. The number of aryl methyl sites for hydroxylation is 2. The number of allylic oxidation sites excluding steroid dienone is 1. The number of rotatable bonds is 8. The lowest BCUT2D eigenvalue weighted by Gasteiger charge is -2.35. The molecule has 7 nitrogen and oxygen atoms in total. The van der Waals surface area contributed by atoms with Crippen molar-refractivity contribution in [1.82, 2.24) is 15.6 Å². The van der Waals surface area contributed by atoms with Crippen molar-refractivity contribution in [2.75, 3.05) is 31.2 Å². The minimum absolute atomic E-state index is 0.0940. The van der Waals surface area contributed by atoms with Crippen molar-refractivity contribution < 1.29 is 9.53 Å². The molecule has 0 aliphatic carbocycles. The van der Waals surface area contributed by atoms with Crippen LogP contribution in [0.25, 0.3) is 11.1 Å². The number of amidine groups is 1. The minimum atomic E-state index is -0.0940. The minimum Gasteiger partial charge on any atom is -0.381 e. The maximum atomic E-state index is 11.7. The average molecular weight is 462 g/mol. The summed E-state index contributed by atoms with van der Waals surface area (Å²) in [5.74, 6) is 0.360. The van der Waals surface area contributed by atoms with Crippen molar-refractivity contribution >= 4 is 17.4 Å². The predicted octanol–water partition coefficient (Wildman–Crippen LogP) is 3.97. The van der Waals surface area contributed by atoms with Gasteiger partial charge in [-0.05, 0) is 55.5 Å². The molecule has 1 saturated heterocycles.